The van der Waals surface area contributed by atoms with E-state index in [1.807, 2.05) is 0 Å². The molecule has 0 fully saturated rings. The number of esters is 1. The maximum atomic E-state index is 12.4. The van der Waals surface area contributed by atoms with Crippen LogP contribution in [0.3, 0.4) is 0 Å². The van der Waals surface area contributed by atoms with Crippen molar-refractivity contribution < 1.29 is 19.1 Å². The third kappa shape index (κ3) is 5.17. The molecule has 0 aromatic heterocycles. The molecule has 2 N–H and O–H groups in total. The molecule has 6 nitrogen and oxygen atoms in total. The molecule has 0 heterocycles. The minimum atomic E-state index is -0.482. The van der Waals surface area contributed by atoms with E-state index in [1.165, 1.54) is 6.92 Å². The van der Waals surface area contributed by atoms with Gasteiger partial charge in [-0.1, -0.05) is 24.3 Å². The molecule has 6 heteroatoms. The van der Waals surface area contributed by atoms with E-state index < -0.39 is 5.97 Å². The van der Waals surface area contributed by atoms with Crippen molar-refractivity contribution in [1.29, 1.82) is 0 Å². The normalized spacial score (nSPS) is 10.0. The second-order valence-corrected chi connectivity index (χ2v) is 5.33. The highest BCUT2D eigenvalue weighted by Gasteiger charge is 2.14. The molecule has 130 valence electrons. The Kier molecular flexibility index (Phi) is 6.28. The third-order valence-corrected chi connectivity index (χ3v) is 3.43. The highest BCUT2D eigenvalue weighted by molar-refractivity contribution is 6.08. The van der Waals surface area contributed by atoms with Crippen LogP contribution in [0.2, 0.25) is 0 Å². The molecule has 0 aliphatic rings. The molecular formula is C19H20N2O4. The second kappa shape index (κ2) is 8.63. The fourth-order valence-corrected chi connectivity index (χ4v) is 2.17. The number of para-hydroxylation sites is 1. The number of amides is 2. The SMILES string of the molecule is CCOC(=O)c1ccccc1NC(=O)c1ccc(CNC(C)=O)cc1. The molecule has 0 unspecified atom stereocenters. The van der Waals surface area contributed by atoms with Crippen LogP contribution in [0.4, 0.5) is 5.69 Å². The van der Waals surface area contributed by atoms with Crippen LogP contribution in [0.25, 0.3) is 0 Å². The van der Waals surface area contributed by atoms with Crippen molar-refractivity contribution in [3.63, 3.8) is 0 Å². The predicted octanol–water partition coefficient (Wildman–Crippen LogP) is 2.75. The van der Waals surface area contributed by atoms with Crippen molar-refractivity contribution >= 4 is 23.5 Å². The van der Waals surface area contributed by atoms with Crippen LogP contribution < -0.4 is 10.6 Å². The van der Waals surface area contributed by atoms with Crippen LogP contribution in [-0.4, -0.2) is 24.4 Å². The topological polar surface area (TPSA) is 84.5 Å². The average molecular weight is 340 g/mol. The maximum Gasteiger partial charge on any atom is 0.340 e. The number of rotatable bonds is 6. The van der Waals surface area contributed by atoms with Gasteiger partial charge in [-0.3, -0.25) is 9.59 Å². The first kappa shape index (κ1) is 18.2. The van der Waals surface area contributed by atoms with Gasteiger partial charge in [-0.2, -0.15) is 0 Å². The summed E-state index contributed by atoms with van der Waals surface area (Å²) in [7, 11) is 0. The zero-order valence-corrected chi connectivity index (χ0v) is 14.2. The molecule has 0 radical (unpaired) electrons. The van der Waals surface area contributed by atoms with Gasteiger partial charge in [0.1, 0.15) is 0 Å². The van der Waals surface area contributed by atoms with E-state index in [-0.39, 0.29) is 18.4 Å². The van der Waals surface area contributed by atoms with Gasteiger partial charge in [-0.25, -0.2) is 4.79 Å². The Labute approximate surface area is 146 Å². The van der Waals surface area contributed by atoms with Gasteiger partial charge in [0.15, 0.2) is 0 Å². The zero-order chi connectivity index (χ0) is 18.2. The Hall–Kier alpha value is -3.15. The van der Waals surface area contributed by atoms with Gasteiger partial charge in [-0.15, -0.1) is 0 Å². The lowest BCUT2D eigenvalue weighted by molar-refractivity contribution is -0.119. The fourth-order valence-electron chi connectivity index (χ4n) is 2.17. The van der Waals surface area contributed by atoms with Gasteiger partial charge in [0.05, 0.1) is 17.9 Å². The van der Waals surface area contributed by atoms with E-state index >= 15 is 0 Å². The van der Waals surface area contributed by atoms with Crippen LogP contribution in [0.5, 0.6) is 0 Å². The van der Waals surface area contributed by atoms with Gasteiger partial charge in [-0.05, 0) is 36.8 Å². The minimum absolute atomic E-state index is 0.114. The van der Waals surface area contributed by atoms with Gasteiger partial charge in [0.2, 0.25) is 5.91 Å². The summed E-state index contributed by atoms with van der Waals surface area (Å²) in [6.45, 7) is 3.84. The molecule has 2 aromatic rings. The van der Waals surface area contributed by atoms with Crippen molar-refractivity contribution in [3.8, 4) is 0 Å². The Morgan fingerprint density at radius 2 is 1.68 bits per heavy atom. The number of ether oxygens (including phenoxy) is 1. The quantitative estimate of drug-likeness (QED) is 0.792. The summed E-state index contributed by atoms with van der Waals surface area (Å²) >= 11 is 0. The third-order valence-electron chi connectivity index (χ3n) is 3.43. The van der Waals surface area contributed by atoms with E-state index in [2.05, 4.69) is 10.6 Å². The lowest BCUT2D eigenvalue weighted by Gasteiger charge is -2.10. The summed E-state index contributed by atoms with van der Waals surface area (Å²) in [5.74, 6) is -0.927. The highest BCUT2D eigenvalue weighted by Crippen LogP contribution is 2.17. The summed E-state index contributed by atoms with van der Waals surface area (Å²) < 4.78 is 4.99. The van der Waals surface area contributed by atoms with Crippen LogP contribution >= 0.6 is 0 Å². The van der Waals surface area contributed by atoms with E-state index in [0.717, 1.165) is 5.56 Å². The molecule has 25 heavy (non-hydrogen) atoms. The molecule has 0 bridgehead atoms. The molecule has 0 spiro atoms. The Morgan fingerprint density at radius 1 is 1.00 bits per heavy atom. The molecule has 0 aliphatic heterocycles. The molecule has 0 saturated carbocycles. The van der Waals surface area contributed by atoms with Gasteiger partial charge in [0, 0.05) is 19.0 Å². The van der Waals surface area contributed by atoms with Crippen LogP contribution in [0.15, 0.2) is 48.5 Å². The fraction of sp³-hybridized carbons (Fsp3) is 0.211. The number of nitrogens with one attached hydrogen (secondary N) is 2. The Morgan fingerprint density at radius 3 is 2.32 bits per heavy atom. The van der Waals surface area contributed by atoms with Crippen molar-refractivity contribution in [3.05, 3.63) is 65.2 Å². The largest absolute Gasteiger partial charge is 0.462 e. The van der Waals surface area contributed by atoms with Gasteiger partial charge >= 0.3 is 5.97 Å². The van der Waals surface area contributed by atoms with Crippen LogP contribution in [-0.2, 0) is 16.1 Å². The summed E-state index contributed by atoms with van der Waals surface area (Å²) in [6, 6.07) is 13.6. The van der Waals surface area contributed by atoms with Crippen molar-refractivity contribution in [1.82, 2.24) is 5.32 Å². The van der Waals surface area contributed by atoms with Gasteiger partial charge in [0.25, 0.3) is 5.91 Å². The monoisotopic (exact) mass is 340 g/mol. The van der Waals surface area contributed by atoms with Crippen LogP contribution in [0, 0.1) is 0 Å². The summed E-state index contributed by atoms with van der Waals surface area (Å²) in [5.41, 5.74) is 2.04. The number of benzene rings is 2. The minimum Gasteiger partial charge on any atom is -0.462 e. The Balaban J connectivity index is 2.09. The second-order valence-electron chi connectivity index (χ2n) is 5.33. The summed E-state index contributed by atoms with van der Waals surface area (Å²) in [6.07, 6.45) is 0. The lowest BCUT2D eigenvalue weighted by Crippen LogP contribution is -2.19. The van der Waals surface area contributed by atoms with Crippen molar-refractivity contribution in [2.24, 2.45) is 0 Å². The molecule has 2 rings (SSSR count). The molecule has 2 aromatic carbocycles. The highest BCUT2D eigenvalue weighted by atomic mass is 16.5. The summed E-state index contributed by atoms with van der Waals surface area (Å²) in [5, 5.41) is 5.42. The van der Waals surface area contributed by atoms with Crippen molar-refractivity contribution in [2.45, 2.75) is 20.4 Å². The molecule has 0 aliphatic carbocycles. The molecular weight excluding hydrogens is 320 g/mol. The maximum absolute atomic E-state index is 12.4. The van der Waals surface area contributed by atoms with E-state index in [9.17, 15) is 14.4 Å². The Bertz CT molecular complexity index is 769. The number of hydrogen-bond acceptors (Lipinski definition) is 4. The van der Waals surface area contributed by atoms with E-state index in [1.54, 1.807) is 55.5 Å². The predicted molar refractivity (Wildman–Crippen MR) is 94.3 cm³/mol. The van der Waals surface area contributed by atoms with Gasteiger partial charge < -0.3 is 15.4 Å². The number of anilines is 1. The standard InChI is InChI=1S/C19H20N2O4/c1-3-25-19(24)16-6-4-5-7-17(16)21-18(23)15-10-8-14(9-11-15)12-20-13(2)22/h4-11H,3,12H2,1-2H3,(H,20,22)(H,21,23). The number of carbonyl (C=O) groups is 3. The molecule has 2 amide bonds. The summed E-state index contributed by atoms with van der Waals surface area (Å²) in [4.78, 5) is 35.3. The first-order valence-corrected chi connectivity index (χ1v) is 7.92. The van der Waals surface area contributed by atoms with E-state index in [4.69, 9.17) is 4.74 Å². The first-order chi connectivity index (χ1) is 12.0. The number of carbonyl (C=O) groups excluding carboxylic acids is 3. The van der Waals surface area contributed by atoms with E-state index in [0.29, 0.717) is 23.4 Å². The molecule has 0 saturated heterocycles. The zero-order valence-electron chi connectivity index (χ0n) is 14.2. The average Bonchev–Trinajstić information content (AvgIpc) is 2.61. The molecule has 0 atom stereocenters. The lowest BCUT2D eigenvalue weighted by atomic mass is 10.1. The van der Waals surface area contributed by atoms with Crippen molar-refractivity contribution in [2.75, 3.05) is 11.9 Å². The first-order valence-electron chi connectivity index (χ1n) is 7.92. The number of hydrogen-bond donors (Lipinski definition) is 2. The smallest absolute Gasteiger partial charge is 0.340 e. The van der Waals surface area contributed by atoms with Crippen LogP contribution in [0.1, 0.15) is 40.1 Å².